The zero-order chi connectivity index (χ0) is 30.9. The van der Waals surface area contributed by atoms with E-state index in [9.17, 15) is 44.4 Å². The molecular formula is C27H29ClN4O9S. The zero-order valence-corrected chi connectivity index (χ0v) is 24.1. The number of β-lactam (4-membered cyclic amide) rings is 1. The largest absolute Gasteiger partial charge is 0.504 e. The van der Waals surface area contributed by atoms with E-state index < -0.39 is 69.5 Å². The van der Waals surface area contributed by atoms with E-state index in [0.717, 1.165) is 12.1 Å². The highest BCUT2D eigenvalue weighted by Gasteiger charge is 2.64. The van der Waals surface area contributed by atoms with Crippen LogP contribution in [0.25, 0.3) is 0 Å². The molecule has 6 N–H and O–H groups in total. The molecular weight excluding hydrogens is 592 g/mol. The fraction of sp³-hybridized carbons (Fsp3) is 0.370. The van der Waals surface area contributed by atoms with E-state index in [4.69, 9.17) is 11.6 Å². The number of carbonyl (C=O) groups excluding carboxylic acids is 4. The Morgan fingerprint density at radius 2 is 1.81 bits per heavy atom. The number of phenolic OH excluding ortho intramolecular Hbond substituents is 2. The predicted octanol–water partition coefficient (Wildman–Crippen LogP) is 1.66. The molecule has 15 heteroatoms. The molecule has 13 nitrogen and oxygen atoms in total. The van der Waals surface area contributed by atoms with Gasteiger partial charge in [0, 0.05) is 23.5 Å². The molecule has 1 unspecified atom stereocenters. The Hall–Kier alpha value is -4.01. The van der Waals surface area contributed by atoms with Gasteiger partial charge in [0.15, 0.2) is 11.5 Å². The van der Waals surface area contributed by atoms with Gasteiger partial charge in [0.1, 0.15) is 23.5 Å². The Labute approximate surface area is 249 Å². The number of amides is 5. The SMILES string of the molecule is CC1(C)S[C@@H]2[C@H](NC(=O)C(NC(=O)N(CCCO)C(=O)c3cc(O)c(O)c(Cl)c3)c3ccccc3)C(=O)N2[C@H]1C(=O)O. The zero-order valence-electron chi connectivity index (χ0n) is 22.5. The van der Waals surface area contributed by atoms with Crippen molar-refractivity contribution in [2.24, 2.45) is 0 Å². The maximum Gasteiger partial charge on any atom is 0.327 e. The number of phenols is 2. The van der Waals surface area contributed by atoms with Crippen LogP contribution in [0.5, 0.6) is 11.5 Å². The first kappa shape index (κ1) is 30.9. The van der Waals surface area contributed by atoms with Gasteiger partial charge in [0.05, 0.1) is 5.02 Å². The fourth-order valence-electron chi connectivity index (χ4n) is 4.92. The summed E-state index contributed by atoms with van der Waals surface area (Å²) in [6.07, 6.45) is -0.00893. The summed E-state index contributed by atoms with van der Waals surface area (Å²) in [7, 11) is 0. The molecule has 2 heterocycles. The Balaban J connectivity index is 1.58. The van der Waals surface area contributed by atoms with Crippen LogP contribution in [0, 0.1) is 0 Å². The molecule has 0 radical (unpaired) electrons. The first-order chi connectivity index (χ1) is 19.8. The van der Waals surface area contributed by atoms with Crippen molar-refractivity contribution >= 4 is 53.1 Å². The summed E-state index contributed by atoms with van der Waals surface area (Å²) in [5.41, 5.74) is 0.0905. The quantitative estimate of drug-likeness (QED) is 0.177. The molecule has 2 fully saturated rings. The second kappa shape index (κ2) is 12.1. The van der Waals surface area contributed by atoms with Gasteiger partial charge >= 0.3 is 12.0 Å². The van der Waals surface area contributed by atoms with Crippen molar-refractivity contribution in [3.8, 4) is 11.5 Å². The van der Waals surface area contributed by atoms with Crippen molar-refractivity contribution in [3.63, 3.8) is 0 Å². The summed E-state index contributed by atoms with van der Waals surface area (Å²) in [6, 6.07) is 5.52. The number of halogens is 1. The van der Waals surface area contributed by atoms with E-state index in [1.54, 1.807) is 44.2 Å². The highest BCUT2D eigenvalue weighted by Crippen LogP contribution is 2.50. The van der Waals surface area contributed by atoms with E-state index in [1.165, 1.54) is 16.7 Å². The van der Waals surface area contributed by atoms with Crippen LogP contribution in [0.15, 0.2) is 42.5 Å². The third-order valence-electron chi connectivity index (χ3n) is 6.96. The lowest BCUT2D eigenvalue weighted by Crippen LogP contribution is -2.71. The van der Waals surface area contributed by atoms with Crippen LogP contribution < -0.4 is 10.6 Å². The van der Waals surface area contributed by atoms with Crippen LogP contribution >= 0.6 is 23.4 Å². The second-order valence-corrected chi connectivity index (χ2v) is 12.4. The number of nitrogens with one attached hydrogen (secondary N) is 2. The molecule has 0 bridgehead atoms. The number of benzene rings is 2. The van der Waals surface area contributed by atoms with Gasteiger partial charge in [-0.05, 0) is 38.0 Å². The Morgan fingerprint density at radius 3 is 2.40 bits per heavy atom. The van der Waals surface area contributed by atoms with Gasteiger partial charge in [0.25, 0.3) is 5.91 Å². The molecule has 42 heavy (non-hydrogen) atoms. The number of carboxylic acid groups (broad SMARTS) is 1. The molecule has 5 amide bonds. The van der Waals surface area contributed by atoms with Gasteiger partial charge < -0.3 is 36.0 Å². The van der Waals surface area contributed by atoms with E-state index in [2.05, 4.69) is 10.6 Å². The van der Waals surface area contributed by atoms with Crippen molar-refractivity contribution in [2.75, 3.05) is 13.2 Å². The first-order valence-electron chi connectivity index (χ1n) is 12.8. The molecule has 0 aromatic heterocycles. The highest BCUT2D eigenvalue weighted by atomic mass is 35.5. The molecule has 0 saturated carbocycles. The number of urea groups is 1. The third-order valence-corrected chi connectivity index (χ3v) is 8.82. The first-order valence-corrected chi connectivity index (χ1v) is 14.1. The van der Waals surface area contributed by atoms with Crippen molar-refractivity contribution in [1.82, 2.24) is 20.4 Å². The second-order valence-electron chi connectivity index (χ2n) is 10.2. The number of nitrogens with zero attached hydrogens (tertiary/aromatic N) is 2. The van der Waals surface area contributed by atoms with Crippen LogP contribution in [0.2, 0.25) is 5.02 Å². The smallest absolute Gasteiger partial charge is 0.327 e. The van der Waals surface area contributed by atoms with Crippen LogP contribution in [0.1, 0.15) is 42.2 Å². The summed E-state index contributed by atoms with van der Waals surface area (Å²) >= 11 is 7.12. The molecule has 2 saturated heterocycles. The number of hydrogen-bond acceptors (Lipinski definition) is 9. The lowest BCUT2D eigenvalue weighted by Gasteiger charge is -2.44. The number of carboxylic acids is 1. The van der Waals surface area contributed by atoms with Gasteiger partial charge in [-0.1, -0.05) is 41.9 Å². The molecule has 4 atom stereocenters. The van der Waals surface area contributed by atoms with Crippen molar-refractivity contribution in [1.29, 1.82) is 0 Å². The molecule has 4 rings (SSSR count). The maximum absolute atomic E-state index is 13.6. The highest BCUT2D eigenvalue weighted by molar-refractivity contribution is 8.01. The van der Waals surface area contributed by atoms with Crippen molar-refractivity contribution < 1.29 is 44.4 Å². The average molecular weight is 621 g/mol. The minimum Gasteiger partial charge on any atom is -0.504 e. The Bertz CT molecular complexity index is 1400. The van der Waals surface area contributed by atoms with Crippen LogP contribution in [0.3, 0.4) is 0 Å². The van der Waals surface area contributed by atoms with Crippen LogP contribution in [-0.4, -0.2) is 95.3 Å². The Kier molecular flexibility index (Phi) is 8.89. The summed E-state index contributed by atoms with van der Waals surface area (Å²) in [5, 5.41) is 42.8. The number of hydrogen-bond donors (Lipinski definition) is 6. The van der Waals surface area contributed by atoms with Crippen LogP contribution in [-0.2, 0) is 14.4 Å². The molecule has 2 aromatic rings. The van der Waals surface area contributed by atoms with Gasteiger partial charge in [-0.2, -0.15) is 0 Å². The summed E-state index contributed by atoms with van der Waals surface area (Å²) < 4.78 is -0.808. The molecule has 224 valence electrons. The minimum atomic E-state index is -1.38. The maximum atomic E-state index is 13.6. The van der Waals surface area contributed by atoms with Crippen LogP contribution in [0.4, 0.5) is 4.79 Å². The average Bonchev–Trinajstić information content (AvgIpc) is 3.21. The monoisotopic (exact) mass is 620 g/mol. The minimum absolute atomic E-state index is 0.00893. The molecule has 0 aliphatic carbocycles. The van der Waals surface area contributed by atoms with Gasteiger partial charge in [-0.3, -0.25) is 19.3 Å². The normalized spacial score (nSPS) is 21.1. The molecule has 2 aromatic carbocycles. The third kappa shape index (κ3) is 5.82. The predicted molar refractivity (Wildman–Crippen MR) is 151 cm³/mol. The number of imide groups is 1. The lowest BCUT2D eigenvalue weighted by atomic mass is 9.95. The topological polar surface area (TPSA) is 197 Å². The van der Waals surface area contributed by atoms with Crippen molar-refractivity contribution in [2.45, 2.75) is 48.5 Å². The summed E-state index contributed by atoms with van der Waals surface area (Å²) in [5.74, 6) is -4.77. The standard InChI is InChI=1S/C27H29ClN4O9S/c1-27(2)20(25(39)40)32-23(38)18(24(32)42-27)29-21(36)17(13-7-4-3-5-8-13)30-26(41)31(9-6-10-33)22(37)14-11-15(28)19(35)16(34)12-14/h3-5,7-8,11-12,17-18,20,24,33-35H,6,9-10H2,1-2H3,(H,29,36)(H,30,41)(H,39,40)/t17?,18-,20+,24-/m1/s1. The number of aliphatic hydroxyl groups excluding tert-OH is 1. The van der Waals surface area contributed by atoms with Gasteiger partial charge in [-0.25, -0.2) is 9.59 Å². The van der Waals surface area contributed by atoms with E-state index in [-0.39, 0.29) is 30.2 Å². The summed E-state index contributed by atoms with van der Waals surface area (Å²) in [6.45, 7) is 2.76. The number of aromatic hydroxyl groups is 2. The molecule has 2 aliphatic heterocycles. The van der Waals surface area contributed by atoms with Gasteiger partial charge in [-0.15, -0.1) is 11.8 Å². The molecule has 2 aliphatic rings. The van der Waals surface area contributed by atoms with Gasteiger partial charge in [0.2, 0.25) is 11.8 Å². The van der Waals surface area contributed by atoms with E-state index in [1.807, 2.05) is 0 Å². The number of aliphatic hydroxyl groups is 1. The van der Waals surface area contributed by atoms with Crippen molar-refractivity contribution in [3.05, 3.63) is 58.6 Å². The number of thioether (sulfide) groups is 1. The number of aliphatic carboxylic acids is 1. The lowest BCUT2D eigenvalue weighted by molar-refractivity contribution is -0.161. The Morgan fingerprint density at radius 1 is 1.14 bits per heavy atom. The molecule has 0 spiro atoms. The fourth-order valence-corrected chi connectivity index (χ4v) is 6.76. The number of carbonyl (C=O) groups is 5. The number of fused-ring (bicyclic) bond motifs is 1. The van der Waals surface area contributed by atoms with E-state index in [0.29, 0.717) is 10.5 Å². The summed E-state index contributed by atoms with van der Waals surface area (Å²) in [4.78, 5) is 67.0. The van der Waals surface area contributed by atoms with E-state index >= 15 is 0 Å². The number of rotatable bonds is 9.